The van der Waals surface area contributed by atoms with Crippen LogP contribution in [-0.2, 0) is 13.3 Å². The van der Waals surface area contributed by atoms with E-state index in [0.717, 1.165) is 0 Å². The normalized spacial score (nSPS) is 9.00. The highest BCUT2D eigenvalue weighted by molar-refractivity contribution is 6.36. The van der Waals surface area contributed by atoms with Gasteiger partial charge in [-0.15, -0.1) is 0 Å². The van der Waals surface area contributed by atoms with E-state index in [-0.39, 0.29) is 5.48 Å². The molecule has 0 saturated carbocycles. The van der Waals surface area contributed by atoms with Crippen LogP contribution in [0.5, 0.6) is 0 Å². The van der Waals surface area contributed by atoms with E-state index < -0.39 is 9.53 Å². The Labute approximate surface area is 50.6 Å². The van der Waals surface area contributed by atoms with Crippen molar-refractivity contribution in [1.82, 2.24) is 0 Å². The molecule has 0 heterocycles. The van der Waals surface area contributed by atoms with Gasteiger partial charge < -0.3 is 18.8 Å². The summed E-state index contributed by atoms with van der Waals surface area (Å²) < 4.78 is 14.2. The van der Waals surface area contributed by atoms with Crippen LogP contribution in [0.2, 0.25) is 0 Å². The summed E-state index contributed by atoms with van der Waals surface area (Å²) in [7, 11) is 3.05. The first-order valence-corrected chi connectivity index (χ1v) is 3.35. The van der Waals surface area contributed by atoms with Crippen LogP contribution < -0.4 is 0 Å². The third kappa shape index (κ3) is 4.22. The van der Waals surface area contributed by atoms with E-state index >= 15 is 0 Å². The SMILES string of the molecule is CO[SiH](OC)OC.O. The second-order valence-corrected chi connectivity index (χ2v) is 2.99. The molecule has 0 unspecified atom stereocenters. The summed E-state index contributed by atoms with van der Waals surface area (Å²) in [6.45, 7) is 0. The van der Waals surface area contributed by atoms with Crippen molar-refractivity contribution in [2.24, 2.45) is 0 Å². The van der Waals surface area contributed by atoms with Gasteiger partial charge in [0.05, 0.1) is 0 Å². The highest BCUT2D eigenvalue weighted by atomic mass is 28.3. The first-order valence-electron chi connectivity index (χ1n) is 1.93. The van der Waals surface area contributed by atoms with Crippen molar-refractivity contribution < 1.29 is 18.8 Å². The van der Waals surface area contributed by atoms with Gasteiger partial charge in [-0.3, -0.25) is 0 Å². The molecule has 0 fully saturated rings. The van der Waals surface area contributed by atoms with Crippen molar-refractivity contribution in [1.29, 1.82) is 0 Å². The zero-order chi connectivity index (χ0) is 5.70. The van der Waals surface area contributed by atoms with Gasteiger partial charge in [0.2, 0.25) is 0 Å². The molecule has 0 aliphatic rings. The maximum atomic E-state index is 4.74. The van der Waals surface area contributed by atoms with Gasteiger partial charge in [0.15, 0.2) is 0 Å². The van der Waals surface area contributed by atoms with Crippen molar-refractivity contribution in [2.75, 3.05) is 21.3 Å². The average Bonchev–Trinajstić information content (AvgIpc) is 1.72. The number of rotatable bonds is 3. The number of hydrogen-bond donors (Lipinski definition) is 0. The zero-order valence-corrected chi connectivity index (χ0v) is 6.46. The fraction of sp³-hybridized carbons (Fsp3) is 1.00. The molecule has 5 heteroatoms. The van der Waals surface area contributed by atoms with Crippen molar-refractivity contribution >= 4 is 9.53 Å². The van der Waals surface area contributed by atoms with E-state index in [1.165, 1.54) is 0 Å². The molecule has 0 aromatic heterocycles. The molecule has 0 saturated heterocycles. The van der Waals surface area contributed by atoms with Crippen LogP contribution in [0.25, 0.3) is 0 Å². The van der Waals surface area contributed by atoms with Crippen LogP contribution in [0.15, 0.2) is 0 Å². The molecule has 0 aliphatic carbocycles. The summed E-state index contributed by atoms with van der Waals surface area (Å²) in [5, 5.41) is 0. The van der Waals surface area contributed by atoms with Gasteiger partial charge in [0, 0.05) is 21.3 Å². The minimum absolute atomic E-state index is 0. The van der Waals surface area contributed by atoms with Crippen molar-refractivity contribution in [3.8, 4) is 0 Å². The van der Waals surface area contributed by atoms with Gasteiger partial charge in [-0.2, -0.15) is 0 Å². The molecule has 0 atom stereocenters. The minimum Gasteiger partial charge on any atom is -0.412 e. The second-order valence-electron chi connectivity index (χ2n) is 0.996. The fourth-order valence-electron chi connectivity index (χ4n) is 0.289. The molecule has 0 spiro atoms. The highest BCUT2D eigenvalue weighted by Gasteiger charge is 2.04. The maximum Gasteiger partial charge on any atom is 0.483 e. The maximum absolute atomic E-state index is 4.74. The Hall–Kier alpha value is 0.0569. The monoisotopic (exact) mass is 140 g/mol. The summed E-state index contributed by atoms with van der Waals surface area (Å²) in [5.41, 5.74) is 0. The van der Waals surface area contributed by atoms with Gasteiger partial charge in [-0.05, 0) is 0 Å². The molecular formula is C3H12O4Si. The van der Waals surface area contributed by atoms with E-state index in [0.29, 0.717) is 0 Å². The van der Waals surface area contributed by atoms with Crippen molar-refractivity contribution in [3.05, 3.63) is 0 Å². The number of hydrogen-bond acceptors (Lipinski definition) is 3. The Morgan fingerprint density at radius 2 is 1.12 bits per heavy atom. The van der Waals surface area contributed by atoms with Crippen molar-refractivity contribution in [3.63, 3.8) is 0 Å². The highest BCUT2D eigenvalue weighted by Crippen LogP contribution is 1.81. The molecule has 0 radical (unpaired) electrons. The van der Waals surface area contributed by atoms with E-state index in [4.69, 9.17) is 13.3 Å². The molecule has 2 N–H and O–H groups in total. The Balaban J connectivity index is 0. The molecule has 4 nitrogen and oxygen atoms in total. The predicted octanol–water partition coefficient (Wildman–Crippen LogP) is -1.18. The molecule has 0 bridgehead atoms. The lowest BCUT2D eigenvalue weighted by Gasteiger charge is -2.05. The fourth-order valence-corrected chi connectivity index (χ4v) is 0.866. The largest absolute Gasteiger partial charge is 0.483 e. The third-order valence-electron chi connectivity index (χ3n) is 0.577. The Bertz CT molecular complexity index is 32.8. The summed E-state index contributed by atoms with van der Waals surface area (Å²) in [6, 6.07) is 0. The quantitative estimate of drug-likeness (QED) is 0.463. The first kappa shape index (κ1) is 10.9. The summed E-state index contributed by atoms with van der Waals surface area (Å²) in [6.07, 6.45) is 0. The smallest absolute Gasteiger partial charge is 0.412 e. The molecule has 0 aromatic rings. The van der Waals surface area contributed by atoms with E-state index in [1.807, 2.05) is 0 Å². The van der Waals surface area contributed by atoms with Crippen LogP contribution in [0.3, 0.4) is 0 Å². The van der Waals surface area contributed by atoms with Gasteiger partial charge in [0.1, 0.15) is 0 Å². The van der Waals surface area contributed by atoms with Gasteiger partial charge in [0.25, 0.3) is 0 Å². The van der Waals surface area contributed by atoms with Gasteiger partial charge >= 0.3 is 9.53 Å². The Morgan fingerprint density at radius 1 is 0.875 bits per heavy atom. The first-order chi connectivity index (χ1) is 3.35. The summed E-state index contributed by atoms with van der Waals surface area (Å²) in [5.74, 6) is 0. The second kappa shape index (κ2) is 7.06. The van der Waals surface area contributed by atoms with Crippen LogP contribution in [-0.4, -0.2) is 36.3 Å². The molecule has 0 aliphatic heterocycles. The van der Waals surface area contributed by atoms with E-state index in [1.54, 1.807) is 21.3 Å². The van der Waals surface area contributed by atoms with E-state index in [2.05, 4.69) is 0 Å². The van der Waals surface area contributed by atoms with Gasteiger partial charge in [-0.1, -0.05) is 0 Å². The molecule has 0 amide bonds. The van der Waals surface area contributed by atoms with Crippen LogP contribution in [0.1, 0.15) is 0 Å². The average molecular weight is 140 g/mol. The third-order valence-corrected chi connectivity index (χ3v) is 1.73. The standard InChI is InChI=1S/C3H10O3Si.H2O/c1-4-7(5-2)6-3;/h7H,1-3H3;1H2. The van der Waals surface area contributed by atoms with Crippen molar-refractivity contribution in [2.45, 2.75) is 0 Å². The Kier molecular flexibility index (Phi) is 9.65. The molecule has 52 valence electrons. The molecule has 0 rings (SSSR count). The predicted molar refractivity (Wildman–Crippen MR) is 31.8 cm³/mol. The zero-order valence-electron chi connectivity index (χ0n) is 5.30. The van der Waals surface area contributed by atoms with Crippen LogP contribution in [0, 0.1) is 0 Å². The summed E-state index contributed by atoms with van der Waals surface area (Å²) >= 11 is 0. The van der Waals surface area contributed by atoms with Crippen LogP contribution >= 0.6 is 0 Å². The van der Waals surface area contributed by atoms with E-state index in [9.17, 15) is 0 Å². The summed E-state index contributed by atoms with van der Waals surface area (Å²) in [4.78, 5) is 0. The van der Waals surface area contributed by atoms with Crippen LogP contribution in [0.4, 0.5) is 0 Å². The lowest BCUT2D eigenvalue weighted by molar-refractivity contribution is 0.163. The topological polar surface area (TPSA) is 59.2 Å². The molecule has 0 aromatic carbocycles. The molecular weight excluding hydrogens is 128 g/mol. The van der Waals surface area contributed by atoms with Gasteiger partial charge in [-0.25, -0.2) is 0 Å². The lowest BCUT2D eigenvalue weighted by Crippen LogP contribution is -2.21. The minimum atomic E-state index is -1.67. The lowest BCUT2D eigenvalue weighted by atomic mass is 11.8. The Morgan fingerprint density at radius 3 is 1.12 bits per heavy atom. The molecule has 8 heavy (non-hydrogen) atoms.